The van der Waals surface area contributed by atoms with Crippen LogP contribution in [0, 0.1) is 0 Å². The van der Waals surface area contributed by atoms with Gasteiger partial charge in [-0.25, -0.2) is 0 Å². The molecule has 0 radical (unpaired) electrons. The third-order valence-electron chi connectivity index (χ3n) is 3.99. The lowest BCUT2D eigenvalue weighted by atomic mass is 10.2. The van der Waals surface area contributed by atoms with Crippen molar-refractivity contribution in [3.63, 3.8) is 0 Å². The van der Waals surface area contributed by atoms with Crippen molar-refractivity contribution < 1.29 is 23.7 Å². The van der Waals surface area contributed by atoms with E-state index in [1.54, 1.807) is 12.1 Å². The largest absolute Gasteiger partial charge is 0.485 e. The van der Waals surface area contributed by atoms with Crippen LogP contribution in [0.5, 0.6) is 23.0 Å². The maximum Gasteiger partial charge on any atom is 0.283 e. The van der Waals surface area contributed by atoms with Gasteiger partial charge in [-0.15, -0.1) is 0 Å². The van der Waals surface area contributed by atoms with Crippen LogP contribution in [0.15, 0.2) is 42.5 Å². The van der Waals surface area contributed by atoms with E-state index < -0.39 is 6.10 Å². The first-order valence-corrected chi connectivity index (χ1v) is 8.70. The van der Waals surface area contributed by atoms with Gasteiger partial charge in [0.05, 0.1) is 0 Å². The van der Waals surface area contributed by atoms with Crippen LogP contribution in [0.1, 0.15) is 5.56 Å². The zero-order valence-corrected chi connectivity index (χ0v) is 15.0. The highest BCUT2D eigenvalue weighted by atomic mass is 32.1. The smallest absolute Gasteiger partial charge is 0.283 e. The van der Waals surface area contributed by atoms with Crippen molar-refractivity contribution in [3.05, 3.63) is 48.0 Å². The summed E-state index contributed by atoms with van der Waals surface area (Å²) < 4.78 is 21.8. The Bertz CT molecular complexity index is 876. The van der Waals surface area contributed by atoms with Gasteiger partial charge in [0.15, 0.2) is 28.1 Å². The number of nitrogens with one attached hydrogen (secondary N) is 3. The highest BCUT2D eigenvalue weighted by molar-refractivity contribution is 7.80. The van der Waals surface area contributed by atoms with Gasteiger partial charge in [0, 0.05) is 6.54 Å². The minimum atomic E-state index is -0.760. The second-order valence-electron chi connectivity index (χ2n) is 5.85. The molecule has 1 amide bonds. The molecular formula is C18H17N3O5S. The number of carbonyl (C=O) groups is 1. The van der Waals surface area contributed by atoms with Crippen LogP contribution in [-0.2, 0) is 11.3 Å². The average molecular weight is 387 g/mol. The van der Waals surface area contributed by atoms with E-state index in [0.29, 0.717) is 23.8 Å². The quantitative estimate of drug-likeness (QED) is 0.536. The topological polar surface area (TPSA) is 90.1 Å². The van der Waals surface area contributed by atoms with Gasteiger partial charge in [0.25, 0.3) is 5.91 Å². The summed E-state index contributed by atoms with van der Waals surface area (Å²) in [6.45, 7) is 0.826. The van der Waals surface area contributed by atoms with Gasteiger partial charge in [-0.1, -0.05) is 18.2 Å². The highest BCUT2D eigenvalue weighted by Gasteiger charge is 2.27. The fourth-order valence-corrected chi connectivity index (χ4v) is 2.75. The molecule has 0 fully saturated rings. The Hall–Kier alpha value is -3.20. The fourth-order valence-electron chi connectivity index (χ4n) is 2.63. The van der Waals surface area contributed by atoms with Crippen LogP contribution >= 0.6 is 12.2 Å². The van der Waals surface area contributed by atoms with E-state index in [1.165, 1.54) is 0 Å². The number of hydrazine groups is 1. The number of fused-ring (bicyclic) bond motifs is 2. The summed E-state index contributed by atoms with van der Waals surface area (Å²) in [5.74, 6) is 2.21. The molecule has 140 valence electrons. The summed E-state index contributed by atoms with van der Waals surface area (Å²) in [6, 6.07) is 12.8. The predicted octanol–water partition coefficient (Wildman–Crippen LogP) is 1.25. The van der Waals surface area contributed by atoms with Crippen LogP contribution in [0.25, 0.3) is 0 Å². The second kappa shape index (κ2) is 7.58. The standard InChI is InChI=1S/C18H17N3O5S/c22-17(16-9-23-12-3-1-2-4-14(12)26-16)20-21-18(27)19-8-11-5-6-13-15(7-11)25-10-24-13/h1-7,16H,8-10H2,(H,20,22)(H2,19,21,27)/t16-/m1/s1. The fraction of sp³-hybridized carbons (Fsp3) is 0.222. The number of carbonyl (C=O) groups excluding carboxylic acids is 1. The summed E-state index contributed by atoms with van der Waals surface area (Å²) in [5, 5.41) is 3.28. The average Bonchev–Trinajstić information content (AvgIpc) is 3.18. The molecule has 4 rings (SSSR count). The summed E-state index contributed by atoms with van der Waals surface area (Å²) in [6.07, 6.45) is -0.760. The van der Waals surface area contributed by atoms with Gasteiger partial charge in [0.1, 0.15) is 6.61 Å². The zero-order valence-electron chi connectivity index (χ0n) is 14.2. The number of hydrogen-bond donors (Lipinski definition) is 3. The molecule has 2 aliphatic heterocycles. The zero-order chi connectivity index (χ0) is 18.6. The van der Waals surface area contributed by atoms with Gasteiger partial charge < -0.3 is 24.3 Å². The predicted molar refractivity (Wildman–Crippen MR) is 99.6 cm³/mol. The SMILES string of the molecule is O=C(NNC(=S)NCc1ccc2c(c1)OCO2)[C@H]1COc2ccccc2O1. The molecular weight excluding hydrogens is 370 g/mol. The van der Waals surface area contributed by atoms with Gasteiger partial charge in [-0.05, 0) is 42.0 Å². The molecule has 0 spiro atoms. The van der Waals surface area contributed by atoms with Crippen molar-refractivity contribution >= 4 is 23.2 Å². The summed E-state index contributed by atoms with van der Waals surface area (Å²) in [4.78, 5) is 12.2. The molecule has 27 heavy (non-hydrogen) atoms. The monoisotopic (exact) mass is 387 g/mol. The van der Waals surface area contributed by atoms with Crippen LogP contribution in [0.4, 0.5) is 0 Å². The summed E-state index contributed by atoms with van der Waals surface area (Å²) in [7, 11) is 0. The lowest BCUT2D eigenvalue weighted by molar-refractivity contribution is -0.130. The molecule has 2 aliphatic rings. The second-order valence-corrected chi connectivity index (χ2v) is 6.26. The van der Waals surface area contributed by atoms with Crippen LogP contribution in [0.3, 0.4) is 0 Å². The molecule has 0 saturated carbocycles. The lowest BCUT2D eigenvalue weighted by Gasteiger charge is -2.25. The molecule has 3 N–H and O–H groups in total. The molecule has 2 aromatic carbocycles. The molecule has 1 atom stereocenters. The number of ether oxygens (including phenoxy) is 4. The Morgan fingerprint density at radius 1 is 1.00 bits per heavy atom. The number of thiocarbonyl (C=S) groups is 1. The maximum absolute atomic E-state index is 12.2. The van der Waals surface area contributed by atoms with Crippen molar-refractivity contribution in [1.82, 2.24) is 16.2 Å². The van der Waals surface area contributed by atoms with Crippen LogP contribution in [-0.4, -0.2) is 30.5 Å². The Kier molecular flexibility index (Phi) is 4.84. The molecule has 2 heterocycles. The summed E-state index contributed by atoms with van der Waals surface area (Å²) in [5.41, 5.74) is 6.14. The van der Waals surface area contributed by atoms with E-state index in [0.717, 1.165) is 11.3 Å². The third-order valence-corrected chi connectivity index (χ3v) is 4.24. The van der Waals surface area contributed by atoms with Crippen molar-refractivity contribution in [2.45, 2.75) is 12.6 Å². The summed E-state index contributed by atoms with van der Waals surface area (Å²) >= 11 is 5.17. The first kappa shape index (κ1) is 17.2. The maximum atomic E-state index is 12.2. The van der Waals surface area contributed by atoms with Crippen LogP contribution in [0.2, 0.25) is 0 Å². The first-order chi connectivity index (χ1) is 13.2. The first-order valence-electron chi connectivity index (χ1n) is 8.30. The van der Waals surface area contributed by atoms with Crippen LogP contribution < -0.4 is 35.1 Å². The van der Waals surface area contributed by atoms with Gasteiger partial charge in [0.2, 0.25) is 12.9 Å². The van der Waals surface area contributed by atoms with Gasteiger partial charge in [-0.3, -0.25) is 15.6 Å². The molecule has 0 aliphatic carbocycles. The van der Waals surface area contributed by atoms with E-state index in [9.17, 15) is 4.79 Å². The highest BCUT2D eigenvalue weighted by Crippen LogP contribution is 2.32. The Balaban J connectivity index is 1.23. The van der Waals surface area contributed by atoms with Crippen molar-refractivity contribution in [2.75, 3.05) is 13.4 Å². The molecule has 0 bridgehead atoms. The van der Waals surface area contributed by atoms with E-state index in [2.05, 4.69) is 16.2 Å². The Labute approximate surface area is 160 Å². The van der Waals surface area contributed by atoms with Crippen molar-refractivity contribution in [3.8, 4) is 23.0 Å². The molecule has 0 saturated heterocycles. The van der Waals surface area contributed by atoms with Crippen molar-refractivity contribution in [1.29, 1.82) is 0 Å². The Morgan fingerprint density at radius 3 is 2.67 bits per heavy atom. The van der Waals surface area contributed by atoms with Crippen molar-refractivity contribution in [2.24, 2.45) is 0 Å². The molecule has 8 nitrogen and oxygen atoms in total. The number of rotatable bonds is 3. The van der Waals surface area contributed by atoms with E-state index in [-0.39, 0.29) is 24.4 Å². The van der Waals surface area contributed by atoms with E-state index in [1.807, 2.05) is 30.3 Å². The molecule has 0 aromatic heterocycles. The van der Waals surface area contributed by atoms with E-state index >= 15 is 0 Å². The van der Waals surface area contributed by atoms with Gasteiger partial charge in [-0.2, -0.15) is 0 Å². The van der Waals surface area contributed by atoms with E-state index in [4.69, 9.17) is 31.2 Å². The molecule has 0 unspecified atom stereocenters. The number of para-hydroxylation sites is 2. The minimum absolute atomic E-state index is 0.127. The number of amides is 1. The third kappa shape index (κ3) is 3.98. The number of hydrogen-bond acceptors (Lipinski definition) is 6. The molecule has 9 heteroatoms. The minimum Gasteiger partial charge on any atom is -0.485 e. The normalized spacial score (nSPS) is 16.4. The molecule has 2 aromatic rings. The Morgan fingerprint density at radius 2 is 1.78 bits per heavy atom. The lowest BCUT2D eigenvalue weighted by Crippen LogP contribution is -2.53. The number of benzene rings is 2. The van der Waals surface area contributed by atoms with Gasteiger partial charge >= 0.3 is 0 Å².